The van der Waals surface area contributed by atoms with Gasteiger partial charge in [0.2, 0.25) is 5.91 Å². The smallest absolute Gasteiger partial charge is 0.271 e. The Morgan fingerprint density at radius 3 is 2.95 bits per heavy atom. The highest BCUT2D eigenvalue weighted by Crippen LogP contribution is 2.28. The molecule has 0 bridgehead atoms. The Hall–Kier alpha value is -1.47. The van der Waals surface area contributed by atoms with Gasteiger partial charge >= 0.3 is 0 Å². The van der Waals surface area contributed by atoms with Crippen LogP contribution in [0.1, 0.15) is 19.8 Å². The molecule has 1 aromatic carbocycles. The van der Waals surface area contributed by atoms with Gasteiger partial charge in [0.05, 0.1) is 10.6 Å². The number of hydrogen-bond acceptors (Lipinski definition) is 4. The van der Waals surface area contributed by atoms with Gasteiger partial charge in [0.15, 0.2) is 0 Å². The molecule has 20 heavy (non-hydrogen) atoms. The van der Waals surface area contributed by atoms with Gasteiger partial charge in [0.1, 0.15) is 0 Å². The third kappa shape index (κ3) is 3.55. The number of nitrogens with one attached hydrogen (secondary N) is 2. The van der Waals surface area contributed by atoms with E-state index >= 15 is 0 Å². The number of non-ortho nitro benzene ring substituents is 1. The minimum atomic E-state index is -0.477. The summed E-state index contributed by atoms with van der Waals surface area (Å²) < 4.78 is 0.637. The fraction of sp³-hybridized carbons (Fsp3) is 0.462. The summed E-state index contributed by atoms with van der Waals surface area (Å²) in [6.45, 7) is 2.86. The third-order valence-corrected chi connectivity index (χ3v) is 4.10. The van der Waals surface area contributed by atoms with Gasteiger partial charge in [-0.15, -0.1) is 0 Å². The van der Waals surface area contributed by atoms with E-state index in [2.05, 4.69) is 26.6 Å². The molecule has 1 heterocycles. The Morgan fingerprint density at radius 1 is 1.55 bits per heavy atom. The van der Waals surface area contributed by atoms with Gasteiger partial charge in [-0.1, -0.05) is 0 Å². The average Bonchev–Trinajstić information content (AvgIpc) is 2.41. The van der Waals surface area contributed by atoms with Crippen LogP contribution >= 0.6 is 15.9 Å². The lowest BCUT2D eigenvalue weighted by Gasteiger charge is -2.27. The van der Waals surface area contributed by atoms with E-state index in [9.17, 15) is 14.9 Å². The van der Waals surface area contributed by atoms with Crippen LogP contribution in [0.3, 0.4) is 0 Å². The number of nitrogens with zero attached hydrogens (tertiary/aromatic N) is 1. The second-order valence-electron chi connectivity index (χ2n) is 4.99. The Morgan fingerprint density at radius 2 is 2.30 bits per heavy atom. The van der Waals surface area contributed by atoms with Crippen molar-refractivity contribution in [2.75, 3.05) is 11.9 Å². The summed E-state index contributed by atoms with van der Waals surface area (Å²) in [5, 5.41) is 16.8. The van der Waals surface area contributed by atoms with Gasteiger partial charge in [-0.2, -0.15) is 0 Å². The van der Waals surface area contributed by atoms with Crippen molar-refractivity contribution >= 4 is 33.2 Å². The van der Waals surface area contributed by atoms with Crippen molar-refractivity contribution in [3.8, 4) is 0 Å². The van der Waals surface area contributed by atoms with Crippen LogP contribution in [0.25, 0.3) is 0 Å². The first-order chi connectivity index (χ1) is 9.47. The molecular formula is C13H16BrN3O3. The predicted octanol–water partition coefficient (Wildman–Crippen LogP) is 2.68. The minimum Gasteiger partial charge on any atom is -0.325 e. The molecule has 7 heteroatoms. The lowest BCUT2D eigenvalue weighted by molar-refractivity contribution is -0.384. The number of hydrogen-bond donors (Lipinski definition) is 2. The van der Waals surface area contributed by atoms with E-state index in [0.717, 1.165) is 19.4 Å². The number of rotatable bonds is 3. The quantitative estimate of drug-likeness (QED) is 0.653. The fourth-order valence-electron chi connectivity index (χ4n) is 2.33. The molecule has 0 saturated carbocycles. The number of nitro benzene ring substituents is 1. The van der Waals surface area contributed by atoms with Crippen LogP contribution in [0.5, 0.6) is 0 Å². The fourth-order valence-corrected chi connectivity index (χ4v) is 2.67. The lowest BCUT2D eigenvalue weighted by atomic mass is 9.92. The first-order valence-electron chi connectivity index (χ1n) is 6.45. The van der Waals surface area contributed by atoms with E-state index in [1.165, 1.54) is 12.1 Å². The van der Waals surface area contributed by atoms with E-state index < -0.39 is 4.92 Å². The van der Waals surface area contributed by atoms with Crippen LogP contribution in [0.4, 0.5) is 11.4 Å². The number of carbonyl (C=O) groups is 1. The minimum absolute atomic E-state index is 0.0396. The zero-order valence-corrected chi connectivity index (χ0v) is 12.6. The lowest BCUT2D eigenvalue weighted by Crippen LogP contribution is -2.40. The molecule has 2 rings (SSSR count). The van der Waals surface area contributed by atoms with E-state index in [1.807, 2.05) is 6.92 Å². The second kappa shape index (κ2) is 6.32. The maximum Gasteiger partial charge on any atom is 0.271 e. The molecule has 108 valence electrons. The van der Waals surface area contributed by atoms with E-state index in [-0.39, 0.29) is 17.5 Å². The number of amides is 1. The van der Waals surface area contributed by atoms with Crippen LogP contribution in [0.2, 0.25) is 0 Å². The first-order valence-corrected chi connectivity index (χ1v) is 7.25. The predicted molar refractivity (Wildman–Crippen MR) is 79.6 cm³/mol. The molecule has 6 nitrogen and oxygen atoms in total. The number of piperidine rings is 1. The van der Waals surface area contributed by atoms with Gasteiger partial charge in [-0.05, 0) is 48.3 Å². The van der Waals surface area contributed by atoms with E-state index in [4.69, 9.17) is 0 Å². The molecule has 2 unspecified atom stereocenters. The summed E-state index contributed by atoms with van der Waals surface area (Å²) in [4.78, 5) is 22.5. The SMILES string of the molecule is CC1CC(C(=O)Nc2cc([N+](=O)[O-])ccc2Br)CCN1. The van der Waals surface area contributed by atoms with Crippen molar-refractivity contribution < 1.29 is 9.72 Å². The van der Waals surface area contributed by atoms with E-state index in [1.54, 1.807) is 6.07 Å². The van der Waals surface area contributed by atoms with Gasteiger partial charge < -0.3 is 10.6 Å². The highest BCUT2D eigenvalue weighted by Gasteiger charge is 2.25. The highest BCUT2D eigenvalue weighted by atomic mass is 79.9. The summed E-state index contributed by atoms with van der Waals surface area (Å²) in [6.07, 6.45) is 1.56. The largest absolute Gasteiger partial charge is 0.325 e. The average molecular weight is 342 g/mol. The molecule has 1 fully saturated rings. The number of carbonyl (C=O) groups excluding carboxylic acids is 1. The molecular weight excluding hydrogens is 326 g/mol. The van der Waals surface area contributed by atoms with Crippen molar-refractivity contribution in [3.63, 3.8) is 0 Å². The van der Waals surface area contributed by atoms with Gasteiger partial charge in [-0.3, -0.25) is 14.9 Å². The van der Waals surface area contributed by atoms with Crippen LogP contribution in [0, 0.1) is 16.0 Å². The third-order valence-electron chi connectivity index (χ3n) is 3.41. The Bertz CT molecular complexity index is 536. The van der Waals surface area contributed by atoms with Crippen molar-refractivity contribution in [2.45, 2.75) is 25.8 Å². The summed E-state index contributed by atoms with van der Waals surface area (Å²) in [7, 11) is 0. The zero-order valence-electron chi connectivity index (χ0n) is 11.1. The van der Waals surface area contributed by atoms with Crippen molar-refractivity contribution in [3.05, 3.63) is 32.8 Å². The standard InChI is InChI=1S/C13H16BrN3O3/c1-8-6-9(4-5-15-8)13(18)16-12-7-10(17(19)20)2-3-11(12)14/h2-3,7-9,15H,4-6H2,1H3,(H,16,18). The molecule has 1 aliphatic rings. The maximum absolute atomic E-state index is 12.2. The molecule has 2 N–H and O–H groups in total. The number of anilines is 1. The Labute approximate surface area is 125 Å². The van der Waals surface area contributed by atoms with Crippen LogP contribution in [0.15, 0.2) is 22.7 Å². The van der Waals surface area contributed by atoms with Gasteiger partial charge in [0, 0.05) is 28.6 Å². The Kier molecular flexibility index (Phi) is 4.72. The molecule has 1 aliphatic heterocycles. The number of halogens is 1. The van der Waals surface area contributed by atoms with Crippen LogP contribution in [-0.4, -0.2) is 23.4 Å². The zero-order chi connectivity index (χ0) is 14.7. The molecule has 0 aliphatic carbocycles. The molecule has 0 aromatic heterocycles. The second-order valence-corrected chi connectivity index (χ2v) is 5.84. The summed E-state index contributed by atoms with van der Waals surface area (Å²) >= 11 is 3.29. The van der Waals surface area contributed by atoms with E-state index in [0.29, 0.717) is 16.2 Å². The number of benzene rings is 1. The monoisotopic (exact) mass is 341 g/mol. The van der Waals surface area contributed by atoms with Gasteiger partial charge in [0.25, 0.3) is 5.69 Å². The van der Waals surface area contributed by atoms with Crippen LogP contribution in [-0.2, 0) is 4.79 Å². The number of nitro groups is 1. The molecule has 2 atom stereocenters. The molecule has 1 amide bonds. The summed E-state index contributed by atoms with van der Waals surface area (Å²) in [5.41, 5.74) is 0.401. The molecule has 0 spiro atoms. The Balaban J connectivity index is 2.10. The maximum atomic E-state index is 12.2. The topological polar surface area (TPSA) is 84.3 Å². The molecule has 0 radical (unpaired) electrons. The van der Waals surface area contributed by atoms with Gasteiger partial charge in [-0.25, -0.2) is 0 Å². The molecule has 1 aromatic rings. The highest BCUT2D eigenvalue weighted by molar-refractivity contribution is 9.10. The van der Waals surface area contributed by atoms with Crippen LogP contribution < -0.4 is 10.6 Å². The van der Waals surface area contributed by atoms with Crippen molar-refractivity contribution in [1.82, 2.24) is 5.32 Å². The van der Waals surface area contributed by atoms with Crippen molar-refractivity contribution in [1.29, 1.82) is 0 Å². The first kappa shape index (κ1) is 14.9. The normalized spacial score (nSPS) is 22.3. The van der Waals surface area contributed by atoms with Crippen molar-refractivity contribution in [2.24, 2.45) is 5.92 Å². The summed E-state index contributed by atoms with van der Waals surface area (Å²) in [6, 6.07) is 4.64. The summed E-state index contributed by atoms with van der Waals surface area (Å²) in [5.74, 6) is -0.142. The molecule has 1 saturated heterocycles.